The zero-order chi connectivity index (χ0) is 17.5. The van der Waals surface area contributed by atoms with Gasteiger partial charge in [-0.1, -0.05) is 23.7 Å². The van der Waals surface area contributed by atoms with E-state index in [2.05, 4.69) is 15.3 Å². The molecule has 0 aliphatic heterocycles. The highest BCUT2D eigenvalue weighted by molar-refractivity contribution is 6.30. The molecule has 0 spiro atoms. The van der Waals surface area contributed by atoms with Crippen molar-refractivity contribution in [2.75, 3.05) is 11.9 Å². The lowest BCUT2D eigenvalue weighted by Gasteiger charge is -2.26. The van der Waals surface area contributed by atoms with Gasteiger partial charge in [-0.15, -0.1) is 15.3 Å². The topological polar surface area (TPSA) is 46.3 Å². The van der Waals surface area contributed by atoms with Crippen LogP contribution in [-0.4, -0.2) is 26.9 Å². The Hall–Kier alpha value is -2.35. The lowest BCUT2D eigenvalue weighted by atomic mass is 10.1. The van der Waals surface area contributed by atoms with Gasteiger partial charge in [0.25, 0.3) is 5.82 Å². The summed E-state index contributed by atoms with van der Waals surface area (Å²) in [7, 11) is 1.76. The highest BCUT2D eigenvalue weighted by Gasteiger charge is 2.37. The predicted octanol–water partition coefficient (Wildman–Crippen LogP) is 3.99. The standard InChI is InChI=1S/C15H13ClF3N5/c1-9(10-3-5-11(16)6-4-10)23(2)13-8-7-12-20-21-14(15(17,18)19)24(12)22-13/h3-9H,1-2H3/t9-/m0/s1. The molecule has 2 heterocycles. The predicted molar refractivity (Wildman–Crippen MR) is 84.1 cm³/mol. The molecule has 0 bridgehead atoms. The first-order valence-corrected chi connectivity index (χ1v) is 7.43. The maximum Gasteiger partial charge on any atom is 0.453 e. The molecular formula is C15H13ClF3N5. The van der Waals surface area contributed by atoms with Crippen LogP contribution in [0.4, 0.5) is 19.0 Å². The van der Waals surface area contributed by atoms with Crippen LogP contribution in [0.15, 0.2) is 36.4 Å². The zero-order valence-corrected chi connectivity index (χ0v) is 13.5. The Balaban J connectivity index is 1.97. The average molecular weight is 356 g/mol. The largest absolute Gasteiger partial charge is 0.453 e. The normalized spacial score (nSPS) is 13.2. The van der Waals surface area contributed by atoms with Crippen molar-refractivity contribution in [2.24, 2.45) is 0 Å². The lowest BCUT2D eigenvalue weighted by molar-refractivity contribution is -0.146. The molecule has 3 rings (SSSR count). The van der Waals surface area contributed by atoms with E-state index in [1.807, 2.05) is 19.1 Å². The molecule has 0 radical (unpaired) electrons. The molecule has 3 aromatic rings. The SMILES string of the molecule is C[C@@H](c1ccc(Cl)cc1)N(C)c1ccc2nnc(C(F)(F)F)n2n1. The van der Waals surface area contributed by atoms with Gasteiger partial charge in [-0.05, 0) is 36.8 Å². The van der Waals surface area contributed by atoms with Crippen LogP contribution in [0.2, 0.25) is 5.02 Å². The average Bonchev–Trinajstić information content (AvgIpc) is 2.97. The maximum atomic E-state index is 13.0. The van der Waals surface area contributed by atoms with E-state index in [1.165, 1.54) is 6.07 Å². The summed E-state index contributed by atoms with van der Waals surface area (Å²) in [5.74, 6) is -0.776. The Kier molecular flexibility index (Phi) is 4.08. The second kappa shape index (κ2) is 5.94. The minimum atomic E-state index is -4.62. The fourth-order valence-corrected chi connectivity index (χ4v) is 2.43. The molecular weight excluding hydrogens is 343 g/mol. The summed E-state index contributed by atoms with van der Waals surface area (Å²) in [5, 5.41) is 11.3. The molecule has 1 aromatic carbocycles. The van der Waals surface area contributed by atoms with Crippen molar-refractivity contribution in [1.82, 2.24) is 19.8 Å². The Morgan fingerprint density at radius 3 is 2.38 bits per heavy atom. The smallest absolute Gasteiger partial charge is 0.351 e. The molecule has 1 atom stereocenters. The van der Waals surface area contributed by atoms with Crippen molar-refractivity contribution >= 4 is 23.1 Å². The van der Waals surface area contributed by atoms with Crippen molar-refractivity contribution in [3.05, 3.63) is 52.8 Å². The molecule has 0 amide bonds. The summed E-state index contributed by atoms with van der Waals surface area (Å²) in [4.78, 5) is 1.77. The zero-order valence-electron chi connectivity index (χ0n) is 12.8. The van der Waals surface area contributed by atoms with Crippen molar-refractivity contribution in [2.45, 2.75) is 19.1 Å². The van der Waals surface area contributed by atoms with Gasteiger partial charge in [0.05, 0.1) is 6.04 Å². The molecule has 126 valence electrons. The molecule has 0 N–H and O–H groups in total. The molecule has 0 unspecified atom stereocenters. The number of alkyl halides is 3. The van der Waals surface area contributed by atoms with E-state index in [1.54, 1.807) is 30.1 Å². The second-order valence-corrected chi connectivity index (χ2v) is 5.76. The Morgan fingerprint density at radius 1 is 1.08 bits per heavy atom. The summed E-state index contributed by atoms with van der Waals surface area (Å²) in [6.07, 6.45) is -4.62. The van der Waals surface area contributed by atoms with Crippen LogP contribution < -0.4 is 4.90 Å². The summed E-state index contributed by atoms with van der Waals surface area (Å²) in [6, 6.07) is 10.2. The number of rotatable bonds is 3. The molecule has 0 saturated heterocycles. The summed E-state index contributed by atoms with van der Waals surface area (Å²) < 4.78 is 39.6. The Labute approximate surface area is 140 Å². The summed E-state index contributed by atoms with van der Waals surface area (Å²) in [6.45, 7) is 1.92. The third-order valence-electron chi connectivity index (χ3n) is 3.80. The van der Waals surface area contributed by atoms with Crippen LogP contribution in [0.1, 0.15) is 24.4 Å². The molecule has 9 heteroatoms. The van der Waals surface area contributed by atoms with E-state index in [9.17, 15) is 13.2 Å². The van der Waals surface area contributed by atoms with Gasteiger partial charge >= 0.3 is 6.18 Å². The first kappa shape index (κ1) is 16.5. The number of fused-ring (bicyclic) bond motifs is 1. The van der Waals surface area contributed by atoms with Gasteiger partial charge in [0.15, 0.2) is 5.65 Å². The highest BCUT2D eigenvalue weighted by Crippen LogP contribution is 2.29. The first-order chi connectivity index (χ1) is 11.3. The number of anilines is 1. The van der Waals surface area contributed by atoms with Gasteiger partial charge in [0.2, 0.25) is 0 Å². The van der Waals surface area contributed by atoms with E-state index in [4.69, 9.17) is 11.6 Å². The van der Waals surface area contributed by atoms with Gasteiger partial charge in [0, 0.05) is 12.1 Å². The number of benzene rings is 1. The van der Waals surface area contributed by atoms with Crippen LogP contribution in [0.5, 0.6) is 0 Å². The van der Waals surface area contributed by atoms with E-state index in [0.717, 1.165) is 5.56 Å². The number of halogens is 4. The molecule has 0 saturated carbocycles. The fourth-order valence-electron chi connectivity index (χ4n) is 2.31. The quantitative estimate of drug-likeness (QED) is 0.712. The van der Waals surface area contributed by atoms with Crippen molar-refractivity contribution in [3.8, 4) is 0 Å². The maximum absolute atomic E-state index is 13.0. The Bertz CT molecular complexity index is 860. The molecule has 24 heavy (non-hydrogen) atoms. The Morgan fingerprint density at radius 2 is 1.75 bits per heavy atom. The van der Waals surface area contributed by atoms with E-state index >= 15 is 0 Å². The first-order valence-electron chi connectivity index (χ1n) is 7.05. The van der Waals surface area contributed by atoms with Gasteiger partial charge in [-0.3, -0.25) is 0 Å². The fraction of sp³-hybridized carbons (Fsp3) is 0.267. The van der Waals surface area contributed by atoms with Gasteiger partial charge in [-0.2, -0.15) is 17.7 Å². The minimum Gasteiger partial charge on any atom is -0.351 e. The minimum absolute atomic E-state index is 0.0404. The van der Waals surface area contributed by atoms with E-state index in [0.29, 0.717) is 15.4 Å². The van der Waals surface area contributed by atoms with Crippen LogP contribution in [0.25, 0.3) is 5.65 Å². The van der Waals surface area contributed by atoms with Crippen LogP contribution in [-0.2, 0) is 6.18 Å². The van der Waals surface area contributed by atoms with Gasteiger partial charge in [-0.25, -0.2) is 0 Å². The van der Waals surface area contributed by atoms with Crippen LogP contribution in [0.3, 0.4) is 0 Å². The summed E-state index contributed by atoms with van der Waals surface area (Å²) >= 11 is 5.88. The van der Waals surface area contributed by atoms with E-state index < -0.39 is 12.0 Å². The molecule has 0 aliphatic rings. The molecule has 0 fully saturated rings. The van der Waals surface area contributed by atoms with Crippen molar-refractivity contribution in [3.63, 3.8) is 0 Å². The van der Waals surface area contributed by atoms with Crippen molar-refractivity contribution in [1.29, 1.82) is 0 Å². The second-order valence-electron chi connectivity index (χ2n) is 5.32. The van der Waals surface area contributed by atoms with Gasteiger partial charge < -0.3 is 4.90 Å². The van der Waals surface area contributed by atoms with Gasteiger partial charge in [0.1, 0.15) is 5.82 Å². The van der Waals surface area contributed by atoms with Crippen LogP contribution >= 0.6 is 11.6 Å². The van der Waals surface area contributed by atoms with Crippen LogP contribution in [0, 0.1) is 0 Å². The lowest BCUT2D eigenvalue weighted by Crippen LogP contribution is -2.24. The van der Waals surface area contributed by atoms with E-state index in [-0.39, 0.29) is 11.7 Å². The molecule has 5 nitrogen and oxygen atoms in total. The number of aromatic nitrogens is 4. The summed E-state index contributed by atoms with van der Waals surface area (Å²) in [5.41, 5.74) is 1.00. The highest BCUT2D eigenvalue weighted by atomic mass is 35.5. The molecule has 0 aliphatic carbocycles. The molecule has 2 aromatic heterocycles. The van der Waals surface area contributed by atoms with Crippen molar-refractivity contribution < 1.29 is 13.2 Å². The number of hydrogen-bond acceptors (Lipinski definition) is 4. The number of hydrogen-bond donors (Lipinski definition) is 0. The monoisotopic (exact) mass is 355 g/mol. The third-order valence-corrected chi connectivity index (χ3v) is 4.05. The third kappa shape index (κ3) is 3.01. The number of nitrogens with zero attached hydrogens (tertiary/aromatic N) is 5.